The van der Waals surface area contributed by atoms with Crippen molar-refractivity contribution in [3.63, 3.8) is 0 Å². The molecule has 0 aliphatic carbocycles. The Morgan fingerprint density at radius 2 is 1.36 bits per heavy atom. The van der Waals surface area contributed by atoms with Crippen molar-refractivity contribution >= 4 is 5.78 Å². The van der Waals surface area contributed by atoms with Crippen molar-refractivity contribution in [1.82, 2.24) is 0 Å². The molecule has 0 aromatic carbocycles. The quantitative estimate of drug-likeness (QED) is 0.534. The molecule has 0 unspecified atom stereocenters. The Hall–Kier alpha value is -1.37. The lowest BCUT2D eigenvalue weighted by atomic mass is 10.1. The van der Waals surface area contributed by atoms with Gasteiger partial charge in [-0.15, -0.1) is 0 Å². The highest BCUT2D eigenvalue weighted by Gasteiger charge is 1.97. The number of ketones is 1. The van der Waals surface area contributed by atoms with Crippen molar-refractivity contribution in [3.8, 4) is 0 Å². The third kappa shape index (κ3) is 8.72. The highest BCUT2D eigenvalue weighted by atomic mass is 16.1. The molecular formula is C13H18O. The Labute approximate surface area is 86.5 Å². The summed E-state index contributed by atoms with van der Waals surface area (Å²) >= 11 is 0. The number of allylic oxidation sites excluding steroid dienone is 6. The van der Waals surface area contributed by atoms with Gasteiger partial charge in [0.05, 0.1) is 0 Å². The van der Waals surface area contributed by atoms with Crippen LogP contribution in [0.25, 0.3) is 0 Å². The maximum absolute atomic E-state index is 11.2. The summed E-state index contributed by atoms with van der Waals surface area (Å²) < 4.78 is 0. The molecule has 14 heavy (non-hydrogen) atoms. The van der Waals surface area contributed by atoms with Gasteiger partial charge in [0.15, 0.2) is 0 Å². The van der Waals surface area contributed by atoms with Crippen LogP contribution in [0, 0.1) is 0 Å². The summed E-state index contributed by atoms with van der Waals surface area (Å²) in [6.45, 7) is 7.11. The number of carbonyl (C=O) groups excluding carboxylic acids is 1. The number of hydrogen-bond donors (Lipinski definition) is 0. The van der Waals surface area contributed by atoms with Gasteiger partial charge in [-0.1, -0.05) is 49.6 Å². The lowest BCUT2D eigenvalue weighted by Crippen LogP contribution is -1.95. The SMILES string of the molecule is C=CC=CCCC(=O)CCC=CC=C. The monoisotopic (exact) mass is 190 g/mol. The van der Waals surface area contributed by atoms with Gasteiger partial charge in [0, 0.05) is 12.8 Å². The maximum atomic E-state index is 11.2. The predicted octanol–water partition coefficient (Wildman–Crippen LogP) is 3.60. The van der Waals surface area contributed by atoms with E-state index in [0.29, 0.717) is 18.6 Å². The number of carbonyl (C=O) groups is 1. The van der Waals surface area contributed by atoms with Gasteiger partial charge >= 0.3 is 0 Å². The van der Waals surface area contributed by atoms with Gasteiger partial charge in [0.2, 0.25) is 0 Å². The molecule has 0 aliphatic heterocycles. The third-order valence-corrected chi connectivity index (χ3v) is 1.72. The van der Waals surface area contributed by atoms with E-state index >= 15 is 0 Å². The Bertz CT molecular complexity index is 210. The van der Waals surface area contributed by atoms with E-state index in [1.807, 2.05) is 24.3 Å². The molecule has 0 radical (unpaired) electrons. The average molecular weight is 190 g/mol. The van der Waals surface area contributed by atoms with E-state index < -0.39 is 0 Å². The van der Waals surface area contributed by atoms with Crippen molar-refractivity contribution in [2.24, 2.45) is 0 Å². The number of hydrogen-bond acceptors (Lipinski definition) is 1. The van der Waals surface area contributed by atoms with E-state index in [2.05, 4.69) is 13.2 Å². The highest BCUT2D eigenvalue weighted by molar-refractivity contribution is 5.78. The predicted molar refractivity (Wildman–Crippen MR) is 62.1 cm³/mol. The number of Topliss-reactive ketones (excluding diaryl/α,β-unsaturated/α-hetero) is 1. The lowest BCUT2D eigenvalue weighted by molar-refractivity contribution is -0.118. The summed E-state index contributed by atoms with van der Waals surface area (Å²) in [6, 6.07) is 0. The Morgan fingerprint density at radius 3 is 1.71 bits per heavy atom. The molecule has 0 amide bonds. The standard InChI is InChI=1S/C13H18O/c1-3-5-7-9-11-13(14)12-10-8-6-4-2/h3-8H,1-2,9-12H2. The Morgan fingerprint density at radius 1 is 0.929 bits per heavy atom. The van der Waals surface area contributed by atoms with Crippen LogP contribution in [0.3, 0.4) is 0 Å². The van der Waals surface area contributed by atoms with Crippen LogP contribution in [0.2, 0.25) is 0 Å². The van der Waals surface area contributed by atoms with Gasteiger partial charge in [-0.2, -0.15) is 0 Å². The van der Waals surface area contributed by atoms with Crippen LogP contribution in [-0.4, -0.2) is 5.78 Å². The zero-order valence-corrected chi connectivity index (χ0v) is 8.61. The van der Waals surface area contributed by atoms with E-state index in [4.69, 9.17) is 0 Å². The second kappa shape index (κ2) is 9.72. The average Bonchev–Trinajstić information content (AvgIpc) is 2.19. The van der Waals surface area contributed by atoms with Gasteiger partial charge in [0.1, 0.15) is 5.78 Å². The molecule has 1 heteroatoms. The van der Waals surface area contributed by atoms with Crippen molar-refractivity contribution in [2.45, 2.75) is 25.7 Å². The van der Waals surface area contributed by atoms with Crippen LogP contribution < -0.4 is 0 Å². The fourth-order valence-corrected chi connectivity index (χ4v) is 0.999. The zero-order valence-electron chi connectivity index (χ0n) is 8.61. The van der Waals surface area contributed by atoms with Crippen LogP contribution in [0.1, 0.15) is 25.7 Å². The smallest absolute Gasteiger partial charge is 0.133 e. The highest BCUT2D eigenvalue weighted by Crippen LogP contribution is 2.00. The first kappa shape index (κ1) is 12.6. The minimum absolute atomic E-state index is 0.312. The molecule has 0 saturated carbocycles. The summed E-state index contributed by atoms with van der Waals surface area (Å²) in [7, 11) is 0. The molecule has 0 N–H and O–H groups in total. The molecule has 0 saturated heterocycles. The molecule has 0 spiro atoms. The van der Waals surface area contributed by atoms with Crippen LogP contribution in [0.15, 0.2) is 49.6 Å². The fraction of sp³-hybridized carbons (Fsp3) is 0.308. The van der Waals surface area contributed by atoms with Crippen LogP contribution in [0.5, 0.6) is 0 Å². The maximum Gasteiger partial charge on any atom is 0.133 e. The van der Waals surface area contributed by atoms with E-state index in [-0.39, 0.29) is 0 Å². The first-order valence-corrected chi connectivity index (χ1v) is 4.88. The third-order valence-electron chi connectivity index (χ3n) is 1.72. The fourth-order valence-electron chi connectivity index (χ4n) is 0.999. The largest absolute Gasteiger partial charge is 0.300 e. The molecule has 0 aromatic rings. The second-order valence-electron chi connectivity index (χ2n) is 2.94. The van der Waals surface area contributed by atoms with Gasteiger partial charge in [-0.25, -0.2) is 0 Å². The van der Waals surface area contributed by atoms with Crippen molar-refractivity contribution in [3.05, 3.63) is 49.6 Å². The van der Waals surface area contributed by atoms with Gasteiger partial charge in [-0.05, 0) is 12.8 Å². The first-order valence-electron chi connectivity index (χ1n) is 4.88. The molecule has 0 aliphatic rings. The van der Waals surface area contributed by atoms with Crippen LogP contribution in [0.4, 0.5) is 0 Å². The van der Waals surface area contributed by atoms with Crippen molar-refractivity contribution < 1.29 is 4.79 Å². The molecule has 0 fully saturated rings. The van der Waals surface area contributed by atoms with E-state index in [9.17, 15) is 4.79 Å². The van der Waals surface area contributed by atoms with Crippen LogP contribution in [-0.2, 0) is 4.79 Å². The normalized spacial score (nSPS) is 10.9. The summed E-state index contributed by atoms with van der Waals surface area (Å²) in [4.78, 5) is 11.2. The molecule has 0 rings (SSSR count). The topological polar surface area (TPSA) is 17.1 Å². The molecule has 0 aromatic heterocycles. The van der Waals surface area contributed by atoms with E-state index in [0.717, 1.165) is 12.8 Å². The van der Waals surface area contributed by atoms with Gasteiger partial charge < -0.3 is 0 Å². The minimum Gasteiger partial charge on any atom is -0.300 e. The molecule has 0 heterocycles. The Balaban J connectivity index is 3.45. The minimum atomic E-state index is 0.312. The van der Waals surface area contributed by atoms with Crippen molar-refractivity contribution in [1.29, 1.82) is 0 Å². The molecular weight excluding hydrogens is 172 g/mol. The number of rotatable bonds is 8. The van der Waals surface area contributed by atoms with Gasteiger partial charge in [0.25, 0.3) is 0 Å². The summed E-state index contributed by atoms with van der Waals surface area (Å²) in [5.41, 5.74) is 0. The Kier molecular flexibility index (Phi) is 8.77. The summed E-state index contributed by atoms with van der Waals surface area (Å²) in [5, 5.41) is 0. The van der Waals surface area contributed by atoms with E-state index in [1.54, 1.807) is 12.2 Å². The lowest BCUT2D eigenvalue weighted by Gasteiger charge is -1.94. The summed E-state index contributed by atoms with van der Waals surface area (Å²) in [6.07, 6.45) is 14.0. The summed E-state index contributed by atoms with van der Waals surface area (Å²) in [5.74, 6) is 0.312. The molecule has 76 valence electrons. The first-order chi connectivity index (χ1) is 6.81. The second-order valence-corrected chi connectivity index (χ2v) is 2.94. The molecule has 0 atom stereocenters. The van der Waals surface area contributed by atoms with Gasteiger partial charge in [-0.3, -0.25) is 4.79 Å². The van der Waals surface area contributed by atoms with E-state index in [1.165, 1.54) is 0 Å². The molecule has 0 bridgehead atoms. The van der Waals surface area contributed by atoms with Crippen LogP contribution >= 0.6 is 0 Å². The zero-order chi connectivity index (χ0) is 10.6. The molecule has 1 nitrogen and oxygen atoms in total. The van der Waals surface area contributed by atoms with Crippen molar-refractivity contribution in [2.75, 3.05) is 0 Å².